The van der Waals surface area contributed by atoms with Gasteiger partial charge in [0.25, 0.3) is 0 Å². The van der Waals surface area contributed by atoms with E-state index in [0.29, 0.717) is 25.7 Å². The molecule has 0 saturated heterocycles. The predicted molar refractivity (Wildman–Crippen MR) is 142 cm³/mol. The molecule has 0 fully saturated rings. The monoisotopic (exact) mass is 478 g/mol. The van der Waals surface area contributed by atoms with E-state index in [9.17, 15) is 19.8 Å². The topological polar surface area (TPSA) is 74.6 Å². The van der Waals surface area contributed by atoms with E-state index in [1.165, 1.54) is 83.5 Å². The van der Waals surface area contributed by atoms with Crippen molar-refractivity contribution < 1.29 is 19.8 Å². The molecule has 1 rings (SSSR count). The third-order valence-electron chi connectivity index (χ3n) is 8.25. The second-order valence-corrected chi connectivity index (χ2v) is 10.8. The lowest BCUT2D eigenvalue weighted by Crippen LogP contribution is -2.53. The highest BCUT2D eigenvalue weighted by Gasteiger charge is 2.60. The zero-order valence-electron chi connectivity index (χ0n) is 22.4. The average Bonchev–Trinajstić information content (AvgIpc) is 2.82. The first-order chi connectivity index (χ1) is 16.5. The van der Waals surface area contributed by atoms with Crippen molar-refractivity contribution in [2.24, 2.45) is 10.8 Å². The Hall–Kier alpha value is -1.32. The molecule has 1 aliphatic carbocycles. The van der Waals surface area contributed by atoms with Crippen molar-refractivity contribution >= 4 is 11.9 Å². The maximum atomic E-state index is 12.5. The normalized spacial score (nSPS) is 22.2. The third kappa shape index (κ3) is 9.74. The van der Waals surface area contributed by atoms with Gasteiger partial charge in [0.1, 0.15) is 0 Å². The first-order valence-electron chi connectivity index (χ1n) is 14.6. The summed E-state index contributed by atoms with van der Waals surface area (Å²) in [5, 5.41) is 20.3. The molecule has 2 N–H and O–H groups in total. The zero-order valence-corrected chi connectivity index (χ0v) is 22.4. The summed E-state index contributed by atoms with van der Waals surface area (Å²) >= 11 is 0. The van der Waals surface area contributed by atoms with Crippen LogP contribution in [0.2, 0.25) is 0 Å². The Morgan fingerprint density at radius 3 is 1.15 bits per heavy atom. The van der Waals surface area contributed by atoms with E-state index in [1.807, 2.05) is 19.1 Å². The highest BCUT2D eigenvalue weighted by atomic mass is 16.4. The van der Waals surface area contributed by atoms with Gasteiger partial charge in [-0.2, -0.15) is 0 Å². The lowest BCUT2D eigenvalue weighted by molar-refractivity contribution is -0.177. The number of allylic oxidation sites excluding steroid dienone is 2. The number of unbranched alkanes of at least 4 members (excludes halogenated alkanes) is 16. The predicted octanol–water partition coefficient (Wildman–Crippen LogP) is 9.32. The van der Waals surface area contributed by atoms with Crippen LogP contribution < -0.4 is 0 Å². The molecule has 4 heteroatoms. The number of aliphatic carboxylic acids is 2. The molecular weight excluding hydrogens is 424 g/mol. The van der Waals surface area contributed by atoms with Crippen molar-refractivity contribution in [3.05, 3.63) is 12.2 Å². The molecular formula is C30H54O4. The van der Waals surface area contributed by atoms with E-state index >= 15 is 0 Å². The van der Waals surface area contributed by atoms with Gasteiger partial charge in [0.15, 0.2) is 0 Å². The minimum absolute atomic E-state index is 0.341. The van der Waals surface area contributed by atoms with Gasteiger partial charge in [0, 0.05) is 0 Å². The quantitative estimate of drug-likeness (QED) is 0.120. The third-order valence-corrected chi connectivity index (χ3v) is 8.25. The van der Waals surface area contributed by atoms with Crippen LogP contribution in [0.3, 0.4) is 0 Å². The highest BCUT2D eigenvalue weighted by Crippen LogP contribution is 2.55. The molecule has 2 unspecified atom stereocenters. The summed E-state index contributed by atoms with van der Waals surface area (Å²) in [4.78, 5) is 24.8. The molecule has 4 nitrogen and oxygen atoms in total. The van der Waals surface area contributed by atoms with Crippen molar-refractivity contribution in [2.45, 2.75) is 155 Å². The van der Waals surface area contributed by atoms with E-state index in [0.717, 1.165) is 32.1 Å². The number of carboxylic acids is 2. The molecule has 0 saturated carbocycles. The molecule has 0 aromatic carbocycles. The molecule has 0 aromatic rings. The Morgan fingerprint density at radius 1 is 0.529 bits per heavy atom. The molecule has 0 aliphatic heterocycles. The highest BCUT2D eigenvalue weighted by molar-refractivity contribution is 5.87. The summed E-state index contributed by atoms with van der Waals surface area (Å²) in [6.07, 6.45) is 27.5. The summed E-state index contributed by atoms with van der Waals surface area (Å²) < 4.78 is 0. The van der Waals surface area contributed by atoms with Gasteiger partial charge >= 0.3 is 11.9 Å². The Balaban J connectivity index is 2.25. The maximum Gasteiger partial charge on any atom is 0.311 e. The lowest BCUT2D eigenvalue weighted by Gasteiger charge is -2.46. The number of rotatable bonds is 22. The first kappa shape index (κ1) is 30.7. The molecule has 0 bridgehead atoms. The fraction of sp³-hybridized carbons (Fsp3) is 0.867. The molecule has 0 spiro atoms. The SMILES string of the molecule is CCCCCCCCCCCCCCCCCCC1(C(=O)O)CC=CCC1(CCCC)C(=O)O. The Morgan fingerprint density at radius 2 is 0.824 bits per heavy atom. The Bertz CT molecular complexity index is 584. The van der Waals surface area contributed by atoms with Gasteiger partial charge in [-0.05, 0) is 25.7 Å². The van der Waals surface area contributed by atoms with Crippen LogP contribution in [0.5, 0.6) is 0 Å². The number of hydrogen-bond acceptors (Lipinski definition) is 2. The van der Waals surface area contributed by atoms with E-state index in [4.69, 9.17) is 0 Å². The van der Waals surface area contributed by atoms with Crippen LogP contribution in [0, 0.1) is 10.8 Å². The second-order valence-electron chi connectivity index (χ2n) is 10.8. The fourth-order valence-electron chi connectivity index (χ4n) is 5.89. The molecule has 198 valence electrons. The molecule has 0 radical (unpaired) electrons. The van der Waals surface area contributed by atoms with Gasteiger partial charge < -0.3 is 10.2 Å². The smallest absolute Gasteiger partial charge is 0.311 e. The Labute approximate surface area is 210 Å². The zero-order chi connectivity index (χ0) is 25.1. The minimum atomic E-state index is -1.17. The van der Waals surface area contributed by atoms with Crippen molar-refractivity contribution in [1.29, 1.82) is 0 Å². The number of carboxylic acid groups (broad SMARTS) is 2. The van der Waals surface area contributed by atoms with Crippen LogP contribution >= 0.6 is 0 Å². The Kier molecular flexibility index (Phi) is 16.3. The van der Waals surface area contributed by atoms with Crippen LogP contribution in [0.4, 0.5) is 0 Å². The van der Waals surface area contributed by atoms with Gasteiger partial charge in [0.05, 0.1) is 10.8 Å². The van der Waals surface area contributed by atoms with Crippen molar-refractivity contribution in [1.82, 2.24) is 0 Å². The maximum absolute atomic E-state index is 12.5. The molecule has 1 aliphatic rings. The van der Waals surface area contributed by atoms with Crippen molar-refractivity contribution in [3.63, 3.8) is 0 Å². The van der Waals surface area contributed by atoms with E-state index < -0.39 is 22.8 Å². The number of hydrogen-bond donors (Lipinski definition) is 2. The fourth-order valence-corrected chi connectivity index (χ4v) is 5.89. The molecule has 0 heterocycles. The van der Waals surface area contributed by atoms with Gasteiger partial charge in [-0.15, -0.1) is 0 Å². The molecule has 0 amide bonds. The molecule has 2 atom stereocenters. The summed E-state index contributed by atoms with van der Waals surface area (Å²) in [7, 11) is 0. The summed E-state index contributed by atoms with van der Waals surface area (Å²) in [5.41, 5.74) is -2.34. The van der Waals surface area contributed by atoms with Gasteiger partial charge in [-0.3, -0.25) is 9.59 Å². The van der Waals surface area contributed by atoms with E-state index in [1.54, 1.807) is 0 Å². The van der Waals surface area contributed by atoms with Crippen LogP contribution in [-0.4, -0.2) is 22.2 Å². The minimum Gasteiger partial charge on any atom is -0.481 e. The molecule has 34 heavy (non-hydrogen) atoms. The van der Waals surface area contributed by atoms with E-state index in [2.05, 4.69) is 6.92 Å². The van der Waals surface area contributed by atoms with Gasteiger partial charge in [-0.25, -0.2) is 0 Å². The second kappa shape index (κ2) is 18.0. The van der Waals surface area contributed by atoms with Crippen LogP contribution in [-0.2, 0) is 9.59 Å². The largest absolute Gasteiger partial charge is 0.481 e. The first-order valence-corrected chi connectivity index (χ1v) is 14.6. The summed E-state index contributed by atoms with van der Waals surface area (Å²) in [6, 6.07) is 0. The van der Waals surface area contributed by atoms with Crippen molar-refractivity contribution in [3.8, 4) is 0 Å². The molecule has 0 aromatic heterocycles. The summed E-state index contributed by atoms with van der Waals surface area (Å²) in [5.74, 6) is -1.85. The van der Waals surface area contributed by atoms with Crippen LogP contribution in [0.25, 0.3) is 0 Å². The summed E-state index contributed by atoms with van der Waals surface area (Å²) in [6.45, 7) is 4.30. The number of carbonyl (C=O) groups is 2. The van der Waals surface area contributed by atoms with Gasteiger partial charge in [-0.1, -0.05) is 142 Å². The standard InChI is InChI=1S/C30H54O4/c1-3-5-7-8-9-10-11-12-13-14-15-16-17-18-19-20-24-30(28(33)34)26-22-21-25-29(30,27(31)32)23-6-4-2/h21-22H,3-20,23-26H2,1-2H3,(H,31,32)(H,33,34). The van der Waals surface area contributed by atoms with Crippen LogP contribution in [0.15, 0.2) is 12.2 Å². The lowest BCUT2D eigenvalue weighted by atomic mass is 9.54. The van der Waals surface area contributed by atoms with Gasteiger partial charge in [0.2, 0.25) is 0 Å². The van der Waals surface area contributed by atoms with E-state index in [-0.39, 0.29) is 0 Å². The van der Waals surface area contributed by atoms with Crippen LogP contribution in [0.1, 0.15) is 155 Å². The average molecular weight is 479 g/mol. The van der Waals surface area contributed by atoms with Crippen molar-refractivity contribution in [2.75, 3.05) is 0 Å².